The van der Waals surface area contributed by atoms with Gasteiger partial charge in [0, 0.05) is 21.4 Å². The van der Waals surface area contributed by atoms with E-state index in [1.54, 1.807) is 18.7 Å². The molecular formula is C14H19NO2S. The second kappa shape index (κ2) is 5.48. The fourth-order valence-electron chi connectivity index (χ4n) is 1.49. The number of carboxylic acids is 1. The fourth-order valence-corrected chi connectivity index (χ4v) is 2.46. The lowest BCUT2D eigenvalue weighted by Crippen LogP contribution is -2.07. The van der Waals surface area contributed by atoms with E-state index < -0.39 is 5.97 Å². The maximum Gasteiger partial charge on any atom is 0.328 e. The highest BCUT2D eigenvalue weighted by molar-refractivity contribution is 8.00. The second-order valence-electron chi connectivity index (χ2n) is 5.13. The fraction of sp³-hybridized carbons (Fsp3) is 0.357. The second-order valence-corrected chi connectivity index (χ2v) is 7.00. The monoisotopic (exact) mass is 265 g/mol. The van der Waals surface area contributed by atoms with Crippen molar-refractivity contribution in [3.63, 3.8) is 0 Å². The Morgan fingerprint density at radius 2 is 2.00 bits per heavy atom. The summed E-state index contributed by atoms with van der Waals surface area (Å²) in [5.41, 5.74) is 8.22. The van der Waals surface area contributed by atoms with E-state index in [-0.39, 0.29) is 4.75 Å². The van der Waals surface area contributed by atoms with Gasteiger partial charge in [-0.05, 0) is 30.2 Å². The maximum atomic E-state index is 10.6. The van der Waals surface area contributed by atoms with Gasteiger partial charge in [0.2, 0.25) is 0 Å². The molecule has 0 aliphatic carbocycles. The van der Waals surface area contributed by atoms with Gasteiger partial charge in [0.15, 0.2) is 0 Å². The molecule has 0 heterocycles. The van der Waals surface area contributed by atoms with Crippen LogP contribution in [-0.2, 0) is 4.79 Å². The first kappa shape index (κ1) is 14.6. The number of aliphatic carboxylic acids is 1. The van der Waals surface area contributed by atoms with Crippen molar-refractivity contribution in [2.45, 2.75) is 37.3 Å². The van der Waals surface area contributed by atoms with Crippen LogP contribution in [0.25, 0.3) is 5.57 Å². The Bertz CT molecular complexity index is 487. The summed E-state index contributed by atoms with van der Waals surface area (Å²) in [7, 11) is 0. The maximum absolute atomic E-state index is 10.6. The van der Waals surface area contributed by atoms with Crippen molar-refractivity contribution in [3.05, 3.63) is 29.8 Å². The molecule has 3 N–H and O–H groups in total. The molecule has 4 heteroatoms. The Kier molecular flexibility index (Phi) is 4.46. The molecule has 0 bridgehead atoms. The van der Waals surface area contributed by atoms with Gasteiger partial charge in [0.25, 0.3) is 0 Å². The van der Waals surface area contributed by atoms with E-state index >= 15 is 0 Å². The normalized spacial score (nSPS) is 12.6. The number of hydrogen-bond donors (Lipinski definition) is 2. The van der Waals surface area contributed by atoms with Crippen LogP contribution in [0.5, 0.6) is 0 Å². The molecule has 18 heavy (non-hydrogen) atoms. The van der Waals surface area contributed by atoms with E-state index in [0.29, 0.717) is 11.3 Å². The highest BCUT2D eigenvalue weighted by Crippen LogP contribution is 2.36. The average molecular weight is 265 g/mol. The lowest BCUT2D eigenvalue weighted by atomic mass is 10.1. The number of rotatable bonds is 3. The van der Waals surface area contributed by atoms with Crippen LogP contribution in [0.1, 0.15) is 33.3 Å². The average Bonchev–Trinajstić information content (AvgIpc) is 2.18. The molecule has 98 valence electrons. The Labute approximate surface area is 112 Å². The molecule has 0 amide bonds. The number of anilines is 1. The first-order valence-corrected chi connectivity index (χ1v) is 6.51. The molecule has 1 rings (SSSR count). The number of nitrogen functional groups attached to an aromatic ring is 1. The van der Waals surface area contributed by atoms with Gasteiger partial charge in [-0.3, -0.25) is 0 Å². The summed E-state index contributed by atoms with van der Waals surface area (Å²) >= 11 is 1.70. The number of allylic oxidation sites excluding steroid dienone is 1. The zero-order valence-electron chi connectivity index (χ0n) is 11.2. The smallest absolute Gasteiger partial charge is 0.328 e. The van der Waals surface area contributed by atoms with Gasteiger partial charge < -0.3 is 10.8 Å². The lowest BCUT2D eigenvalue weighted by Gasteiger charge is -2.19. The third-order valence-corrected chi connectivity index (χ3v) is 3.43. The molecule has 0 aromatic heterocycles. The summed E-state index contributed by atoms with van der Waals surface area (Å²) in [6.07, 6.45) is 1.19. The molecule has 0 fully saturated rings. The number of carbonyl (C=O) groups is 1. The predicted octanol–water partition coefficient (Wildman–Crippen LogP) is 3.65. The van der Waals surface area contributed by atoms with Gasteiger partial charge in [-0.2, -0.15) is 0 Å². The summed E-state index contributed by atoms with van der Waals surface area (Å²) in [6, 6.07) is 5.67. The molecule has 0 saturated carbocycles. The molecular weight excluding hydrogens is 246 g/mol. The summed E-state index contributed by atoms with van der Waals surface area (Å²) in [6.45, 7) is 8.14. The summed E-state index contributed by atoms with van der Waals surface area (Å²) in [5, 5.41) is 8.71. The summed E-state index contributed by atoms with van der Waals surface area (Å²) in [4.78, 5) is 11.6. The van der Waals surface area contributed by atoms with E-state index in [4.69, 9.17) is 10.8 Å². The quantitative estimate of drug-likeness (QED) is 0.497. The topological polar surface area (TPSA) is 63.3 Å². The Balaban J connectivity index is 3.03. The number of hydrogen-bond acceptors (Lipinski definition) is 3. The van der Waals surface area contributed by atoms with Crippen LogP contribution >= 0.6 is 11.8 Å². The predicted molar refractivity (Wildman–Crippen MR) is 77.8 cm³/mol. The molecule has 0 saturated heterocycles. The van der Waals surface area contributed by atoms with E-state index in [9.17, 15) is 4.79 Å². The Morgan fingerprint density at radius 1 is 1.39 bits per heavy atom. The van der Waals surface area contributed by atoms with Crippen molar-refractivity contribution in [1.82, 2.24) is 0 Å². The highest BCUT2D eigenvalue weighted by atomic mass is 32.2. The molecule has 0 spiro atoms. The molecule has 0 aliphatic rings. The van der Waals surface area contributed by atoms with Crippen molar-refractivity contribution in [2.24, 2.45) is 0 Å². The molecule has 0 aliphatic heterocycles. The zero-order chi connectivity index (χ0) is 13.9. The molecule has 0 unspecified atom stereocenters. The van der Waals surface area contributed by atoms with Crippen LogP contribution in [0.2, 0.25) is 0 Å². The first-order chi connectivity index (χ1) is 8.19. The van der Waals surface area contributed by atoms with Crippen LogP contribution in [0.3, 0.4) is 0 Å². The number of thioether (sulfide) groups is 1. The van der Waals surface area contributed by atoms with Gasteiger partial charge in [-0.25, -0.2) is 4.79 Å². The summed E-state index contributed by atoms with van der Waals surface area (Å²) in [5.74, 6) is -0.945. The van der Waals surface area contributed by atoms with Crippen LogP contribution < -0.4 is 5.73 Å². The van der Waals surface area contributed by atoms with Crippen molar-refractivity contribution < 1.29 is 9.90 Å². The third kappa shape index (κ3) is 4.45. The standard InChI is InChI=1S/C14H19NO2S/c1-9(7-13(16)17)10-5-6-12(11(15)8-10)18-14(2,3)4/h5-8H,15H2,1-4H3,(H,16,17)/b9-7-. The van der Waals surface area contributed by atoms with Crippen LogP contribution in [0, 0.1) is 0 Å². The first-order valence-electron chi connectivity index (χ1n) is 5.69. The van der Waals surface area contributed by atoms with Crippen molar-refractivity contribution in [1.29, 1.82) is 0 Å². The van der Waals surface area contributed by atoms with Crippen molar-refractivity contribution >= 4 is 29.0 Å². The SMILES string of the molecule is C/C(=C/C(=O)O)c1ccc(SC(C)(C)C)c(N)c1. The number of carboxylic acid groups (broad SMARTS) is 1. The van der Waals surface area contributed by atoms with Crippen LogP contribution in [0.4, 0.5) is 5.69 Å². The van der Waals surface area contributed by atoms with Gasteiger partial charge in [-0.1, -0.05) is 26.8 Å². The number of nitrogens with two attached hydrogens (primary N) is 1. The van der Waals surface area contributed by atoms with Gasteiger partial charge in [-0.15, -0.1) is 11.8 Å². The minimum Gasteiger partial charge on any atom is -0.478 e. The van der Waals surface area contributed by atoms with Crippen LogP contribution in [0.15, 0.2) is 29.2 Å². The minimum atomic E-state index is -0.945. The largest absolute Gasteiger partial charge is 0.478 e. The number of benzene rings is 1. The minimum absolute atomic E-state index is 0.0988. The molecule has 1 aromatic carbocycles. The van der Waals surface area contributed by atoms with Gasteiger partial charge in [0.1, 0.15) is 0 Å². The van der Waals surface area contributed by atoms with E-state index in [0.717, 1.165) is 10.5 Å². The third-order valence-electron chi connectivity index (χ3n) is 2.22. The highest BCUT2D eigenvalue weighted by Gasteiger charge is 2.14. The summed E-state index contributed by atoms with van der Waals surface area (Å²) < 4.78 is 0.0988. The van der Waals surface area contributed by atoms with Crippen molar-refractivity contribution in [2.75, 3.05) is 5.73 Å². The molecule has 0 atom stereocenters. The lowest BCUT2D eigenvalue weighted by molar-refractivity contribution is -0.131. The molecule has 3 nitrogen and oxygen atoms in total. The Morgan fingerprint density at radius 3 is 2.44 bits per heavy atom. The van der Waals surface area contributed by atoms with Gasteiger partial charge >= 0.3 is 5.97 Å². The molecule has 1 aromatic rings. The van der Waals surface area contributed by atoms with E-state index in [2.05, 4.69) is 20.8 Å². The van der Waals surface area contributed by atoms with Crippen LogP contribution in [-0.4, -0.2) is 15.8 Å². The van der Waals surface area contributed by atoms with Crippen molar-refractivity contribution in [3.8, 4) is 0 Å². The molecule has 0 radical (unpaired) electrons. The zero-order valence-corrected chi connectivity index (χ0v) is 12.0. The van der Waals surface area contributed by atoms with E-state index in [1.165, 1.54) is 6.08 Å². The van der Waals surface area contributed by atoms with E-state index in [1.807, 2.05) is 18.2 Å². The van der Waals surface area contributed by atoms with Gasteiger partial charge in [0.05, 0.1) is 0 Å². The Hall–Kier alpha value is -1.42.